The Morgan fingerprint density at radius 1 is 1.10 bits per heavy atom. The zero-order valence-corrected chi connectivity index (χ0v) is 16.5. The van der Waals surface area contributed by atoms with Gasteiger partial charge in [-0.05, 0) is 54.1 Å². The van der Waals surface area contributed by atoms with E-state index in [4.69, 9.17) is 14.2 Å². The maximum absolute atomic E-state index is 12.9. The number of nitrogens with one attached hydrogen (secondary N) is 1. The van der Waals surface area contributed by atoms with Crippen LogP contribution in [-0.4, -0.2) is 30.6 Å². The van der Waals surface area contributed by atoms with Gasteiger partial charge in [0.2, 0.25) is 18.6 Å². The molecule has 0 saturated heterocycles. The third kappa shape index (κ3) is 3.55. The Hall–Kier alpha value is -4.33. The molecule has 0 aliphatic carbocycles. The molecule has 2 aliphatic rings. The van der Waals surface area contributed by atoms with Crippen LogP contribution in [0.1, 0.15) is 15.9 Å². The first-order valence-electron chi connectivity index (χ1n) is 9.52. The number of amides is 2. The number of pyridine rings is 1. The van der Waals surface area contributed by atoms with Crippen LogP contribution in [0.15, 0.2) is 60.8 Å². The highest BCUT2D eigenvalue weighted by molar-refractivity contribution is 6.10. The first kappa shape index (κ1) is 18.7. The van der Waals surface area contributed by atoms with Gasteiger partial charge in [-0.15, -0.1) is 0 Å². The van der Waals surface area contributed by atoms with E-state index in [0.717, 1.165) is 5.56 Å². The van der Waals surface area contributed by atoms with Crippen molar-refractivity contribution in [2.75, 3.05) is 24.1 Å². The van der Waals surface area contributed by atoms with Crippen LogP contribution >= 0.6 is 0 Å². The number of ether oxygens (including phenoxy) is 3. The maximum Gasteiger partial charge on any atom is 0.262 e. The lowest BCUT2D eigenvalue weighted by Gasteiger charge is -2.15. The van der Waals surface area contributed by atoms with Gasteiger partial charge in [-0.3, -0.25) is 9.59 Å². The van der Waals surface area contributed by atoms with E-state index in [0.29, 0.717) is 40.1 Å². The van der Waals surface area contributed by atoms with Gasteiger partial charge in [-0.2, -0.15) is 0 Å². The van der Waals surface area contributed by atoms with Gasteiger partial charge in [0.15, 0.2) is 11.5 Å². The van der Waals surface area contributed by atoms with E-state index >= 15 is 0 Å². The van der Waals surface area contributed by atoms with Crippen molar-refractivity contribution in [3.8, 4) is 23.1 Å². The topological polar surface area (TPSA) is 90.0 Å². The normalized spacial score (nSPS) is 14.0. The summed E-state index contributed by atoms with van der Waals surface area (Å²) in [5, 5.41) is 2.77. The summed E-state index contributed by atoms with van der Waals surface area (Å²) in [6.45, 7) is 0.195. The quantitative estimate of drug-likeness (QED) is 0.654. The predicted octanol–water partition coefficient (Wildman–Crippen LogP) is 3.84. The van der Waals surface area contributed by atoms with Crippen LogP contribution in [0.5, 0.6) is 23.1 Å². The zero-order valence-electron chi connectivity index (χ0n) is 16.5. The van der Waals surface area contributed by atoms with E-state index in [2.05, 4.69) is 10.3 Å². The van der Waals surface area contributed by atoms with Crippen molar-refractivity contribution in [1.29, 1.82) is 0 Å². The summed E-state index contributed by atoms with van der Waals surface area (Å²) in [6, 6.07) is 13.8. The number of carbonyl (C=O) groups is 2. The molecule has 5 rings (SSSR count). The third-order valence-electron chi connectivity index (χ3n) is 4.92. The summed E-state index contributed by atoms with van der Waals surface area (Å²) < 4.78 is 16.4. The molecule has 0 saturated carbocycles. The largest absolute Gasteiger partial charge is 0.454 e. The van der Waals surface area contributed by atoms with Crippen molar-refractivity contribution in [2.24, 2.45) is 0 Å². The van der Waals surface area contributed by atoms with Crippen LogP contribution in [0.25, 0.3) is 6.08 Å². The molecular formula is C23H17N3O5. The summed E-state index contributed by atoms with van der Waals surface area (Å²) in [5.41, 5.74) is 2.18. The Balaban J connectivity index is 1.34. The summed E-state index contributed by atoms with van der Waals surface area (Å²) in [6.07, 6.45) is 4.68. The lowest BCUT2D eigenvalue weighted by molar-refractivity contribution is -0.111. The molecule has 1 aromatic heterocycles. The number of hydrogen-bond acceptors (Lipinski definition) is 6. The molecule has 8 heteroatoms. The molecule has 0 spiro atoms. The Bertz CT molecular complexity index is 1240. The smallest absolute Gasteiger partial charge is 0.262 e. The van der Waals surface area contributed by atoms with E-state index < -0.39 is 0 Å². The SMILES string of the molecule is CN1C(=O)c2cc(NC(=O)/C=C/c3ccc4c(c3)OCO4)ccc2Oc2ncccc21. The van der Waals surface area contributed by atoms with Crippen LogP contribution < -0.4 is 24.4 Å². The second kappa shape index (κ2) is 7.49. The number of rotatable bonds is 3. The predicted molar refractivity (Wildman–Crippen MR) is 114 cm³/mol. The van der Waals surface area contributed by atoms with Gasteiger partial charge >= 0.3 is 0 Å². The molecule has 3 heterocycles. The fourth-order valence-electron chi connectivity index (χ4n) is 3.35. The fraction of sp³-hybridized carbons (Fsp3) is 0.0870. The highest BCUT2D eigenvalue weighted by Crippen LogP contribution is 2.37. The summed E-state index contributed by atoms with van der Waals surface area (Å²) in [7, 11) is 1.65. The van der Waals surface area contributed by atoms with E-state index in [9.17, 15) is 9.59 Å². The highest BCUT2D eigenvalue weighted by atomic mass is 16.7. The fourth-order valence-corrected chi connectivity index (χ4v) is 3.35. The average molecular weight is 415 g/mol. The van der Waals surface area contributed by atoms with Gasteiger partial charge < -0.3 is 24.4 Å². The Morgan fingerprint density at radius 3 is 2.84 bits per heavy atom. The number of anilines is 2. The van der Waals surface area contributed by atoms with Crippen LogP contribution in [0.2, 0.25) is 0 Å². The van der Waals surface area contributed by atoms with Crippen LogP contribution in [0, 0.1) is 0 Å². The van der Waals surface area contributed by atoms with Crippen molar-refractivity contribution in [3.05, 3.63) is 71.9 Å². The molecular weight excluding hydrogens is 398 g/mol. The molecule has 2 amide bonds. The Kier molecular flexibility index (Phi) is 4.51. The zero-order chi connectivity index (χ0) is 21.4. The van der Waals surface area contributed by atoms with Gasteiger partial charge in [-0.1, -0.05) is 6.07 Å². The lowest BCUT2D eigenvalue weighted by atomic mass is 10.1. The van der Waals surface area contributed by atoms with Crippen molar-refractivity contribution in [3.63, 3.8) is 0 Å². The average Bonchev–Trinajstić information content (AvgIpc) is 3.22. The second-order valence-electron chi connectivity index (χ2n) is 6.94. The molecule has 0 fully saturated rings. The molecule has 0 bridgehead atoms. The summed E-state index contributed by atoms with van der Waals surface area (Å²) in [5.74, 6) is 1.46. The van der Waals surface area contributed by atoms with Crippen molar-refractivity contribution in [2.45, 2.75) is 0 Å². The third-order valence-corrected chi connectivity index (χ3v) is 4.92. The Morgan fingerprint density at radius 2 is 1.94 bits per heavy atom. The maximum atomic E-state index is 12.9. The van der Waals surface area contributed by atoms with Crippen LogP contribution in [-0.2, 0) is 4.79 Å². The van der Waals surface area contributed by atoms with E-state index in [1.807, 2.05) is 6.07 Å². The van der Waals surface area contributed by atoms with Gasteiger partial charge in [0.25, 0.3) is 5.91 Å². The summed E-state index contributed by atoms with van der Waals surface area (Å²) in [4.78, 5) is 31.0. The highest BCUT2D eigenvalue weighted by Gasteiger charge is 2.26. The first-order chi connectivity index (χ1) is 15.1. The van der Waals surface area contributed by atoms with Gasteiger partial charge in [0.1, 0.15) is 11.4 Å². The van der Waals surface area contributed by atoms with Crippen molar-refractivity contribution in [1.82, 2.24) is 4.98 Å². The number of hydrogen-bond donors (Lipinski definition) is 1. The molecule has 0 atom stereocenters. The molecule has 154 valence electrons. The standard InChI is InChI=1S/C23H17N3O5/c1-26-17-3-2-10-24-22(17)31-18-8-6-15(12-16(18)23(26)28)25-21(27)9-5-14-4-7-19-20(11-14)30-13-29-19/h2-12H,13H2,1H3,(H,25,27)/b9-5+. The number of nitrogens with zero attached hydrogens (tertiary/aromatic N) is 2. The van der Waals surface area contributed by atoms with Gasteiger partial charge in [-0.25, -0.2) is 4.98 Å². The minimum Gasteiger partial charge on any atom is -0.454 e. The number of carbonyl (C=O) groups excluding carboxylic acids is 2. The van der Waals surface area contributed by atoms with E-state index in [1.54, 1.807) is 61.8 Å². The minimum absolute atomic E-state index is 0.195. The molecule has 2 aromatic carbocycles. The lowest BCUT2D eigenvalue weighted by Crippen LogP contribution is -2.25. The van der Waals surface area contributed by atoms with E-state index in [-0.39, 0.29) is 18.6 Å². The van der Waals surface area contributed by atoms with Crippen molar-refractivity contribution >= 4 is 29.3 Å². The van der Waals surface area contributed by atoms with Crippen LogP contribution in [0.3, 0.4) is 0 Å². The molecule has 31 heavy (non-hydrogen) atoms. The molecule has 8 nitrogen and oxygen atoms in total. The number of benzene rings is 2. The summed E-state index contributed by atoms with van der Waals surface area (Å²) >= 11 is 0. The number of fused-ring (bicyclic) bond motifs is 3. The van der Waals surface area contributed by atoms with Gasteiger partial charge in [0, 0.05) is 25.0 Å². The Labute approximate surface area is 177 Å². The van der Waals surface area contributed by atoms with Crippen molar-refractivity contribution < 1.29 is 23.8 Å². The second-order valence-corrected chi connectivity index (χ2v) is 6.94. The molecule has 2 aliphatic heterocycles. The monoisotopic (exact) mass is 415 g/mol. The minimum atomic E-state index is -0.335. The molecule has 0 radical (unpaired) electrons. The molecule has 0 unspecified atom stereocenters. The molecule has 1 N–H and O–H groups in total. The molecule has 3 aromatic rings. The first-order valence-corrected chi connectivity index (χ1v) is 9.52. The van der Waals surface area contributed by atoms with Gasteiger partial charge in [0.05, 0.1) is 5.56 Å². The van der Waals surface area contributed by atoms with Crippen LogP contribution in [0.4, 0.5) is 11.4 Å². The van der Waals surface area contributed by atoms with E-state index in [1.165, 1.54) is 11.0 Å². The number of aromatic nitrogens is 1.